The molecule has 0 saturated carbocycles. The second-order valence-electron chi connectivity index (χ2n) is 3.56. The minimum absolute atomic E-state index is 0.00672. The van der Waals surface area contributed by atoms with Crippen molar-refractivity contribution in [3.8, 4) is 6.07 Å². The molecule has 1 N–H and O–H groups in total. The predicted molar refractivity (Wildman–Crippen MR) is 69.1 cm³/mol. The van der Waals surface area contributed by atoms with Crippen molar-refractivity contribution < 1.29 is 0 Å². The molecule has 0 aliphatic carbocycles. The normalized spacial score (nSPS) is 9.83. The number of aromatic amines is 1. The van der Waals surface area contributed by atoms with Crippen molar-refractivity contribution in [3.05, 3.63) is 51.5 Å². The maximum atomic E-state index is 11.4. The summed E-state index contributed by atoms with van der Waals surface area (Å²) in [5.74, 6) is 0.308. The quantitative estimate of drug-likeness (QED) is 0.897. The Balaban J connectivity index is 2.55. The van der Waals surface area contributed by atoms with Crippen LogP contribution in [0.1, 0.15) is 5.56 Å². The van der Waals surface area contributed by atoms with Crippen molar-refractivity contribution in [3.63, 3.8) is 0 Å². The third-order valence-corrected chi connectivity index (χ3v) is 2.82. The van der Waals surface area contributed by atoms with E-state index >= 15 is 0 Å². The van der Waals surface area contributed by atoms with Gasteiger partial charge in [-0.25, -0.2) is 4.98 Å². The molecular formula is C12H9ClN4O. The smallest absolute Gasteiger partial charge is 0.271 e. The molecule has 6 heteroatoms. The summed E-state index contributed by atoms with van der Waals surface area (Å²) in [4.78, 5) is 19.4. The highest BCUT2D eigenvalue weighted by Gasteiger charge is 2.14. The standard InChI is InChI=1S/C12H9ClN4O/c1-17(9-5-3-2-4-8(9)6-14)11-10(13)12(18)16-7-15-11/h2-5,7H,1H3,(H,15,16,18). The van der Waals surface area contributed by atoms with Gasteiger partial charge in [0.2, 0.25) is 0 Å². The molecule has 5 nitrogen and oxygen atoms in total. The van der Waals surface area contributed by atoms with Crippen LogP contribution >= 0.6 is 11.6 Å². The number of aromatic nitrogens is 2. The Bertz CT molecular complexity index is 674. The molecule has 18 heavy (non-hydrogen) atoms. The Morgan fingerprint density at radius 3 is 2.89 bits per heavy atom. The fourth-order valence-electron chi connectivity index (χ4n) is 1.58. The van der Waals surface area contributed by atoms with Crippen molar-refractivity contribution in [2.45, 2.75) is 0 Å². The molecule has 0 unspecified atom stereocenters. The third kappa shape index (κ3) is 2.06. The Hall–Kier alpha value is -2.32. The molecule has 0 radical (unpaired) electrons. The number of para-hydroxylation sites is 1. The van der Waals surface area contributed by atoms with Gasteiger partial charge in [0.15, 0.2) is 5.82 Å². The lowest BCUT2D eigenvalue weighted by Gasteiger charge is -2.19. The van der Waals surface area contributed by atoms with Gasteiger partial charge in [-0.1, -0.05) is 23.7 Å². The van der Waals surface area contributed by atoms with Crippen LogP contribution in [0.5, 0.6) is 0 Å². The number of halogens is 1. The third-order valence-electron chi connectivity index (χ3n) is 2.48. The molecule has 90 valence electrons. The second kappa shape index (κ2) is 4.90. The monoisotopic (exact) mass is 260 g/mol. The van der Waals surface area contributed by atoms with Gasteiger partial charge in [0, 0.05) is 7.05 Å². The lowest BCUT2D eigenvalue weighted by Crippen LogP contribution is -2.18. The van der Waals surface area contributed by atoms with Gasteiger partial charge in [-0.2, -0.15) is 5.26 Å². The summed E-state index contributed by atoms with van der Waals surface area (Å²) in [6.45, 7) is 0. The van der Waals surface area contributed by atoms with E-state index < -0.39 is 5.56 Å². The maximum absolute atomic E-state index is 11.4. The first-order chi connectivity index (χ1) is 8.65. The average Bonchev–Trinajstić information content (AvgIpc) is 2.41. The number of nitrogens with zero attached hydrogens (tertiary/aromatic N) is 3. The van der Waals surface area contributed by atoms with Crippen LogP contribution in [0.3, 0.4) is 0 Å². The summed E-state index contributed by atoms with van der Waals surface area (Å²) in [6.07, 6.45) is 1.27. The predicted octanol–water partition coefficient (Wildman–Crippen LogP) is 2.06. The fraction of sp³-hybridized carbons (Fsp3) is 0.0833. The molecule has 0 atom stereocenters. The van der Waals surface area contributed by atoms with Gasteiger partial charge in [0.1, 0.15) is 11.1 Å². The highest BCUT2D eigenvalue weighted by molar-refractivity contribution is 6.32. The van der Waals surface area contributed by atoms with Crippen molar-refractivity contribution in [2.24, 2.45) is 0 Å². The van der Waals surface area contributed by atoms with Gasteiger partial charge in [0.05, 0.1) is 17.6 Å². The molecular weight excluding hydrogens is 252 g/mol. The SMILES string of the molecule is CN(c1ccccc1C#N)c1nc[nH]c(=O)c1Cl. The van der Waals surface area contributed by atoms with Crippen LogP contribution in [0.25, 0.3) is 0 Å². The fourth-order valence-corrected chi connectivity index (χ4v) is 1.81. The molecule has 2 aromatic rings. The number of hydrogen-bond donors (Lipinski definition) is 1. The Kier molecular flexibility index (Phi) is 3.31. The van der Waals surface area contributed by atoms with Crippen molar-refractivity contribution in [1.29, 1.82) is 5.26 Å². The minimum Gasteiger partial charge on any atom is -0.327 e. The number of H-pyrrole nitrogens is 1. The Labute approximate surface area is 108 Å². The van der Waals surface area contributed by atoms with Gasteiger partial charge in [-0.05, 0) is 12.1 Å². The first kappa shape index (κ1) is 12.1. The van der Waals surface area contributed by atoms with E-state index in [1.165, 1.54) is 6.33 Å². The summed E-state index contributed by atoms with van der Waals surface area (Å²) in [6, 6.07) is 9.10. The van der Waals surface area contributed by atoms with Gasteiger partial charge < -0.3 is 9.88 Å². The number of nitrogens with one attached hydrogen (secondary N) is 1. The molecule has 1 heterocycles. The summed E-state index contributed by atoms with van der Waals surface area (Å²) < 4.78 is 0. The number of anilines is 2. The van der Waals surface area contributed by atoms with Gasteiger partial charge in [0.25, 0.3) is 5.56 Å². The molecule has 0 amide bonds. The molecule has 2 rings (SSSR count). The Morgan fingerprint density at radius 2 is 2.17 bits per heavy atom. The zero-order valence-electron chi connectivity index (χ0n) is 9.51. The lowest BCUT2D eigenvalue weighted by molar-refractivity contribution is 1.05. The van der Waals surface area contributed by atoms with Crippen LogP contribution < -0.4 is 10.5 Å². The van der Waals surface area contributed by atoms with E-state index in [1.54, 1.807) is 36.2 Å². The van der Waals surface area contributed by atoms with E-state index in [2.05, 4.69) is 16.0 Å². The zero-order chi connectivity index (χ0) is 13.1. The molecule has 0 fully saturated rings. The van der Waals surface area contributed by atoms with E-state index in [0.717, 1.165) is 0 Å². The Morgan fingerprint density at radius 1 is 1.44 bits per heavy atom. The molecule has 0 aliphatic heterocycles. The van der Waals surface area contributed by atoms with Crippen LogP contribution in [0.4, 0.5) is 11.5 Å². The van der Waals surface area contributed by atoms with Crippen LogP contribution in [0.2, 0.25) is 5.02 Å². The van der Waals surface area contributed by atoms with Crippen molar-refractivity contribution in [2.75, 3.05) is 11.9 Å². The molecule has 1 aromatic heterocycles. The van der Waals surface area contributed by atoms with Crippen molar-refractivity contribution >= 4 is 23.1 Å². The summed E-state index contributed by atoms with van der Waals surface area (Å²) >= 11 is 5.90. The van der Waals surface area contributed by atoms with Gasteiger partial charge in [-0.3, -0.25) is 4.79 Å². The van der Waals surface area contributed by atoms with Crippen LogP contribution in [-0.2, 0) is 0 Å². The van der Waals surface area contributed by atoms with E-state index in [0.29, 0.717) is 17.1 Å². The number of rotatable bonds is 2. The van der Waals surface area contributed by atoms with Crippen LogP contribution in [-0.4, -0.2) is 17.0 Å². The van der Waals surface area contributed by atoms with Crippen LogP contribution in [0, 0.1) is 11.3 Å². The van der Waals surface area contributed by atoms with Crippen LogP contribution in [0.15, 0.2) is 35.4 Å². The molecule has 0 saturated heterocycles. The zero-order valence-corrected chi connectivity index (χ0v) is 10.3. The van der Waals surface area contributed by atoms with Crippen molar-refractivity contribution in [1.82, 2.24) is 9.97 Å². The van der Waals surface area contributed by atoms with Gasteiger partial charge >= 0.3 is 0 Å². The van der Waals surface area contributed by atoms with E-state index in [9.17, 15) is 4.79 Å². The molecule has 0 spiro atoms. The lowest BCUT2D eigenvalue weighted by atomic mass is 10.2. The highest BCUT2D eigenvalue weighted by atomic mass is 35.5. The largest absolute Gasteiger partial charge is 0.327 e. The van der Waals surface area contributed by atoms with E-state index in [1.807, 2.05) is 0 Å². The first-order valence-electron chi connectivity index (χ1n) is 5.11. The molecule has 0 aliphatic rings. The number of hydrogen-bond acceptors (Lipinski definition) is 4. The summed E-state index contributed by atoms with van der Waals surface area (Å²) in [5, 5.41) is 9.03. The average molecular weight is 261 g/mol. The maximum Gasteiger partial charge on any atom is 0.271 e. The number of nitriles is 1. The summed E-state index contributed by atoms with van der Waals surface area (Å²) in [5.41, 5.74) is 0.709. The van der Waals surface area contributed by atoms with Gasteiger partial charge in [-0.15, -0.1) is 0 Å². The second-order valence-corrected chi connectivity index (χ2v) is 3.94. The van der Waals surface area contributed by atoms with E-state index in [4.69, 9.17) is 16.9 Å². The highest BCUT2D eigenvalue weighted by Crippen LogP contribution is 2.27. The molecule has 1 aromatic carbocycles. The first-order valence-corrected chi connectivity index (χ1v) is 5.49. The molecule has 0 bridgehead atoms. The summed E-state index contributed by atoms with van der Waals surface area (Å²) in [7, 11) is 1.70. The minimum atomic E-state index is -0.414. The van der Waals surface area contributed by atoms with E-state index in [-0.39, 0.29) is 5.02 Å². The number of benzene rings is 1. The topological polar surface area (TPSA) is 72.8 Å².